The van der Waals surface area contributed by atoms with Crippen LogP contribution in [0.2, 0.25) is 0 Å². The molecule has 0 fully saturated rings. The van der Waals surface area contributed by atoms with Crippen molar-refractivity contribution < 1.29 is 39.6 Å². The Bertz CT molecular complexity index is 1040. The van der Waals surface area contributed by atoms with Crippen LogP contribution in [0.25, 0.3) is 10.8 Å². The van der Waals surface area contributed by atoms with Crippen LogP contribution in [0.5, 0.6) is 0 Å². The van der Waals surface area contributed by atoms with E-state index >= 15 is 0 Å². The maximum absolute atomic E-state index is 12.9. The lowest BCUT2D eigenvalue weighted by Gasteiger charge is -2.25. The summed E-state index contributed by atoms with van der Waals surface area (Å²) in [6.45, 7) is 7.72. The number of unbranched alkanes of at least 4 members (excludes halogenated alkanes) is 4. The Hall–Kier alpha value is -3.42. The van der Waals surface area contributed by atoms with Gasteiger partial charge in [0.2, 0.25) is 0 Å². The average Bonchev–Trinajstić information content (AvgIpc) is 2.85. The minimum Gasteiger partial charge on any atom is -0.478 e. The van der Waals surface area contributed by atoms with Gasteiger partial charge in [0.25, 0.3) is 0 Å². The van der Waals surface area contributed by atoms with Crippen LogP contribution in [0, 0.1) is 0 Å². The first-order chi connectivity index (χ1) is 18.1. The fourth-order valence-electron chi connectivity index (χ4n) is 5.42. The van der Waals surface area contributed by atoms with Gasteiger partial charge < -0.3 is 20.4 Å². The first-order valence-corrected chi connectivity index (χ1v) is 13.7. The molecular formula is C30H40O8. The van der Waals surface area contributed by atoms with E-state index in [0.717, 1.165) is 25.7 Å². The van der Waals surface area contributed by atoms with Crippen molar-refractivity contribution in [3.63, 3.8) is 0 Å². The molecule has 2 aromatic rings. The Labute approximate surface area is 223 Å². The summed E-state index contributed by atoms with van der Waals surface area (Å²) in [5, 5.41) is 41.3. The second kappa shape index (κ2) is 13.9. The fraction of sp³-hybridized carbons (Fsp3) is 0.533. The van der Waals surface area contributed by atoms with Gasteiger partial charge in [-0.15, -0.1) is 0 Å². The molecule has 8 nitrogen and oxygen atoms in total. The Morgan fingerprint density at radius 3 is 0.737 bits per heavy atom. The van der Waals surface area contributed by atoms with Crippen LogP contribution >= 0.6 is 0 Å². The number of aromatic carboxylic acids is 4. The zero-order valence-corrected chi connectivity index (χ0v) is 22.9. The molecule has 0 aliphatic heterocycles. The zero-order chi connectivity index (χ0) is 28.6. The van der Waals surface area contributed by atoms with Crippen LogP contribution in [0.1, 0.15) is 143 Å². The predicted molar refractivity (Wildman–Crippen MR) is 146 cm³/mol. The van der Waals surface area contributed by atoms with E-state index in [-0.39, 0.29) is 58.7 Å². The Balaban J connectivity index is 3.47. The van der Waals surface area contributed by atoms with Crippen LogP contribution in [0.15, 0.2) is 0 Å². The van der Waals surface area contributed by atoms with Crippen LogP contribution in [-0.4, -0.2) is 44.3 Å². The van der Waals surface area contributed by atoms with Crippen molar-refractivity contribution in [1.82, 2.24) is 0 Å². The third-order valence-corrected chi connectivity index (χ3v) is 7.16. The number of benzene rings is 2. The van der Waals surface area contributed by atoms with E-state index in [1.807, 2.05) is 27.7 Å². The summed E-state index contributed by atoms with van der Waals surface area (Å²) in [5.41, 5.74) is 0.124. The van der Waals surface area contributed by atoms with Gasteiger partial charge in [0, 0.05) is 10.8 Å². The maximum atomic E-state index is 12.9. The predicted octanol–water partition coefficient (Wildman–Crippen LogP) is 7.00. The highest BCUT2D eigenvalue weighted by molar-refractivity contribution is 6.24. The summed E-state index contributed by atoms with van der Waals surface area (Å²) in [5.74, 6) is -5.51. The lowest BCUT2D eigenvalue weighted by molar-refractivity contribution is 0.0673. The van der Waals surface area contributed by atoms with E-state index in [1.165, 1.54) is 0 Å². The van der Waals surface area contributed by atoms with Crippen molar-refractivity contribution in [2.75, 3.05) is 0 Å². The molecule has 0 spiro atoms. The Kier molecular flexibility index (Phi) is 11.3. The summed E-state index contributed by atoms with van der Waals surface area (Å²) in [4.78, 5) is 51.4. The maximum Gasteiger partial charge on any atom is 0.336 e. The van der Waals surface area contributed by atoms with Gasteiger partial charge in [0.1, 0.15) is 0 Å². The summed E-state index contributed by atoms with van der Waals surface area (Å²) < 4.78 is 0. The molecule has 0 radical (unpaired) electrons. The van der Waals surface area contributed by atoms with Gasteiger partial charge in [-0.3, -0.25) is 0 Å². The molecule has 0 heterocycles. The first kappa shape index (κ1) is 30.8. The molecule has 0 saturated carbocycles. The average molecular weight is 529 g/mol. The molecule has 0 aromatic heterocycles. The molecule has 38 heavy (non-hydrogen) atoms. The number of carboxylic acid groups (broad SMARTS) is 4. The van der Waals surface area contributed by atoms with Crippen LogP contribution in [0.4, 0.5) is 0 Å². The summed E-state index contributed by atoms with van der Waals surface area (Å²) in [6.07, 6.45) is 6.23. The Morgan fingerprint density at radius 1 is 0.421 bits per heavy atom. The summed E-state index contributed by atoms with van der Waals surface area (Å²) in [6, 6.07) is 0. The van der Waals surface area contributed by atoms with Gasteiger partial charge in [-0.05, 0) is 73.6 Å². The number of carbonyl (C=O) groups is 4. The van der Waals surface area contributed by atoms with Gasteiger partial charge in [-0.2, -0.15) is 0 Å². The SMILES string of the molecule is CCCCc1c(CCCC)c(C(=O)O)c2c(C(=O)O)c(CCCC)c(CCCC)c(C(=O)O)c2c1C(=O)O. The molecule has 0 bridgehead atoms. The molecule has 2 rings (SSSR count). The summed E-state index contributed by atoms with van der Waals surface area (Å²) in [7, 11) is 0. The third kappa shape index (κ3) is 6.17. The molecule has 0 atom stereocenters. The van der Waals surface area contributed by atoms with Crippen molar-refractivity contribution in [2.45, 2.75) is 105 Å². The van der Waals surface area contributed by atoms with Crippen molar-refractivity contribution in [3.05, 3.63) is 44.5 Å². The number of hydrogen-bond acceptors (Lipinski definition) is 4. The van der Waals surface area contributed by atoms with E-state index in [1.54, 1.807) is 0 Å². The largest absolute Gasteiger partial charge is 0.478 e. The van der Waals surface area contributed by atoms with E-state index in [0.29, 0.717) is 47.9 Å². The summed E-state index contributed by atoms with van der Waals surface area (Å²) >= 11 is 0. The zero-order valence-electron chi connectivity index (χ0n) is 22.9. The van der Waals surface area contributed by atoms with Crippen molar-refractivity contribution >= 4 is 34.6 Å². The topological polar surface area (TPSA) is 149 Å². The molecule has 0 amide bonds. The van der Waals surface area contributed by atoms with E-state index in [9.17, 15) is 39.6 Å². The highest BCUT2D eigenvalue weighted by Crippen LogP contribution is 2.41. The van der Waals surface area contributed by atoms with Gasteiger partial charge in [-0.25, -0.2) is 19.2 Å². The van der Waals surface area contributed by atoms with Crippen molar-refractivity contribution in [3.8, 4) is 0 Å². The number of hydrogen-bond donors (Lipinski definition) is 4. The van der Waals surface area contributed by atoms with Crippen molar-refractivity contribution in [2.24, 2.45) is 0 Å². The molecule has 0 aliphatic carbocycles. The normalized spacial score (nSPS) is 11.2. The highest BCUT2D eigenvalue weighted by Gasteiger charge is 2.35. The second-order valence-corrected chi connectivity index (χ2v) is 9.80. The molecule has 208 valence electrons. The first-order valence-electron chi connectivity index (χ1n) is 13.7. The lowest BCUT2D eigenvalue weighted by atomic mass is 9.77. The van der Waals surface area contributed by atoms with Gasteiger partial charge in [0.05, 0.1) is 22.3 Å². The van der Waals surface area contributed by atoms with E-state index in [4.69, 9.17) is 0 Å². The molecule has 0 aliphatic rings. The molecule has 4 N–H and O–H groups in total. The smallest absolute Gasteiger partial charge is 0.336 e. The third-order valence-electron chi connectivity index (χ3n) is 7.16. The quantitative estimate of drug-likeness (QED) is 0.182. The van der Waals surface area contributed by atoms with Gasteiger partial charge in [0.15, 0.2) is 0 Å². The van der Waals surface area contributed by atoms with E-state index in [2.05, 4.69) is 0 Å². The van der Waals surface area contributed by atoms with Crippen LogP contribution in [-0.2, 0) is 25.7 Å². The van der Waals surface area contributed by atoms with E-state index < -0.39 is 23.9 Å². The second-order valence-electron chi connectivity index (χ2n) is 9.80. The van der Waals surface area contributed by atoms with Crippen molar-refractivity contribution in [1.29, 1.82) is 0 Å². The fourth-order valence-corrected chi connectivity index (χ4v) is 5.42. The van der Waals surface area contributed by atoms with Gasteiger partial charge >= 0.3 is 23.9 Å². The number of rotatable bonds is 16. The van der Waals surface area contributed by atoms with Crippen LogP contribution < -0.4 is 0 Å². The standard InChI is InChI=1S/C30H40O8/c1-5-9-13-17-18(14-10-6-2)22(28(33)34)26-24(30(37)38)20(16-12-8-4)19(15-11-7-3)23(29(35)36)25(26)21(17)27(31)32/h5-16H2,1-4H3,(H,31,32)(H,33,34)(H,35,36)(H,37,38). The number of carboxylic acids is 4. The molecule has 2 aromatic carbocycles. The Morgan fingerprint density at radius 2 is 0.605 bits per heavy atom. The highest BCUT2D eigenvalue weighted by atomic mass is 16.4. The number of fused-ring (bicyclic) bond motifs is 1. The minimum atomic E-state index is -1.38. The monoisotopic (exact) mass is 528 g/mol. The molecule has 8 heteroatoms. The molecule has 0 unspecified atom stereocenters. The van der Waals surface area contributed by atoms with Crippen LogP contribution in [0.3, 0.4) is 0 Å². The van der Waals surface area contributed by atoms with Gasteiger partial charge in [-0.1, -0.05) is 53.4 Å². The minimum absolute atomic E-state index is 0.261. The lowest BCUT2D eigenvalue weighted by Crippen LogP contribution is -2.21. The molecular weight excluding hydrogens is 488 g/mol. The molecule has 0 saturated heterocycles.